The van der Waals surface area contributed by atoms with Crippen molar-refractivity contribution in [3.8, 4) is 0 Å². The van der Waals surface area contributed by atoms with E-state index in [1.165, 1.54) is 5.69 Å². The Hall–Kier alpha value is -1.02. The minimum absolute atomic E-state index is 0.496. The molecule has 1 heterocycles. The normalized spacial score (nSPS) is 23.2. The highest BCUT2D eigenvalue weighted by atomic mass is 16.5. The largest absolute Gasteiger partial charge is 0.377 e. The fourth-order valence-electron chi connectivity index (χ4n) is 1.73. The number of hydrogen-bond donors (Lipinski definition) is 0. The van der Waals surface area contributed by atoms with Crippen LogP contribution >= 0.6 is 0 Å². The highest BCUT2D eigenvalue weighted by molar-refractivity contribution is 5.47. The lowest BCUT2D eigenvalue weighted by molar-refractivity contribution is 0.0989. The molecule has 1 fully saturated rings. The number of morpholine rings is 1. The number of benzene rings is 1. The highest BCUT2D eigenvalue weighted by Gasteiger charge is 2.18. The van der Waals surface area contributed by atoms with Crippen LogP contribution in [0.5, 0.6) is 0 Å². The lowest BCUT2D eigenvalue weighted by atomic mass is 10.2. The first-order chi connectivity index (χ1) is 6.38. The molecule has 1 aromatic carbocycles. The number of para-hydroxylation sites is 1. The van der Waals surface area contributed by atoms with Gasteiger partial charge in [0.2, 0.25) is 0 Å². The van der Waals surface area contributed by atoms with Crippen molar-refractivity contribution in [1.29, 1.82) is 0 Å². The molecule has 1 aromatic rings. The SMILES string of the molecule is C[C@H]1COCCN1c1ccccc1. The van der Waals surface area contributed by atoms with Crippen LogP contribution in [0.3, 0.4) is 0 Å². The van der Waals surface area contributed by atoms with E-state index < -0.39 is 0 Å². The predicted molar refractivity (Wildman–Crippen MR) is 54.1 cm³/mol. The van der Waals surface area contributed by atoms with E-state index in [0.29, 0.717) is 6.04 Å². The van der Waals surface area contributed by atoms with Gasteiger partial charge in [-0.25, -0.2) is 0 Å². The molecular formula is C11H15NO. The van der Waals surface area contributed by atoms with Gasteiger partial charge >= 0.3 is 0 Å². The van der Waals surface area contributed by atoms with E-state index in [1.807, 2.05) is 0 Å². The summed E-state index contributed by atoms with van der Waals surface area (Å²) in [5.74, 6) is 0. The van der Waals surface area contributed by atoms with E-state index in [2.05, 4.69) is 42.2 Å². The Bertz CT molecular complexity index is 260. The van der Waals surface area contributed by atoms with Crippen LogP contribution in [0, 0.1) is 0 Å². The average molecular weight is 177 g/mol. The van der Waals surface area contributed by atoms with Crippen LogP contribution in [-0.2, 0) is 4.74 Å². The Morgan fingerprint density at radius 3 is 2.77 bits per heavy atom. The summed E-state index contributed by atoms with van der Waals surface area (Å²) >= 11 is 0. The molecule has 0 spiro atoms. The first-order valence-electron chi connectivity index (χ1n) is 4.77. The number of hydrogen-bond acceptors (Lipinski definition) is 2. The Morgan fingerprint density at radius 1 is 1.31 bits per heavy atom. The van der Waals surface area contributed by atoms with Gasteiger partial charge in [0.15, 0.2) is 0 Å². The molecule has 0 saturated carbocycles. The van der Waals surface area contributed by atoms with Gasteiger partial charge in [-0.05, 0) is 19.1 Å². The van der Waals surface area contributed by atoms with Gasteiger partial charge in [-0.3, -0.25) is 0 Å². The summed E-state index contributed by atoms with van der Waals surface area (Å²) in [6.07, 6.45) is 0. The second kappa shape index (κ2) is 3.79. The van der Waals surface area contributed by atoms with Crippen LogP contribution in [-0.4, -0.2) is 25.8 Å². The first-order valence-corrected chi connectivity index (χ1v) is 4.77. The van der Waals surface area contributed by atoms with Crippen LogP contribution in [0.15, 0.2) is 30.3 Å². The van der Waals surface area contributed by atoms with Gasteiger partial charge in [0.1, 0.15) is 0 Å². The molecule has 13 heavy (non-hydrogen) atoms. The molecule has 0 unspecified atom stereocenters. The van der Waals surface area contributed by atoms with Crippen LogP contribution in [0.1, 0.15) is 6.92 Å². The Labute approximate surface area is 79.1 Å². The van der Waals surface area contributed by atoms with Gasteiger partial charge in [0.05, 0.1) is 13.2 Å². The third-order valence-electron chi connectivity index (χ3n) is 2.46. The third-order valence-corrected chi connectivity index (χ3v) is 2.46. The highest BCUT2D eigenvalue weighted by Crippen LogP contribution is 2.18. The maximum absolute atomic E-state index is 5.39. The molecule has 1 atom stereocenters. The molecule has 0 bridgehead atoms. The monoisotopic (exact) mass is 177 g/mol. The minimum Gasteiger partial charge on any atom is -0.377 e. The fourth-order valence-corrected chi connectivity index (χ4v) is 1.73. The second-order valence-electron chi connectivity index (χ2n) is 3.45. The summed E-state index contributed by atoms with van der Waals surface area (Å²) in [5, 5.41) is 0. The summed E-state index contributed by atoms with van der Waals surface area (Å²) < 4.78 is 5.39. The standard InChI is InChI=1S/C11H15NO/c1-10-9-13-8-7-12(10)11-5-3-2-4-6-11/h2-6,10H,7-9H2,1H3/t10-/m0/s1. The molecule has 70 valence electrons. The molecule has 2 nitrogen and oxygen atoms in total. The smallest absolute Gasteiger partial charge is 0.0668 e. The van der Waals surface area contributed by atoms with Gasteiger partial charge in [-0.2, -0.15) is 0 Å². The van der Waals surface area contributed by atoms with Crippen LogP contribution in [0.4, 0.5) is 5.69 Å². The fraction of sp³-hybridized carbons (Fsp3) is 0.455. The quantitative estimate of drug-likeness (QED) is 0.649. The van der Waals surface area contributed by atoms with Gasteiger partial charge in [0.25, 0.3) is 0 Å². The molecule has 0 aliphatic carbocycles. The van der Waals surface area contributed by atoms with Crippen molar-refractivity contribution >= 4 is 5.69 Å². The summed E-state index contributed by atoms with van der Waals surface area (Å²) in [6.45, 7) is 4.89. The van der Waals surface area contributed by atoms with E-state index in [9.17, 15) is 0 Å². The van der Waals surface area contributed by atoms with Crippen LogP contribution in [0.2, 0.25) is 0 Å². The van der Waals surface area contributed by atoms with Gasteiger partial charge in [-0.15, -0.1) is 0 Å². The van der Waals surface area contributed by atoms with Crippen molar-refractivity contribution in [2.75, 3.05) is 24.7 Å². The number of nitrogens with zero attached hydrogens (tertiary/aromatic N) is 1. The summed E-state index contributed by atoms with van der Waals surface area (Å²) in [7, 11) is 0. The summed E-state index contributed by atoms with van der Waals surface area (Å²) in [4.78, 5) is 2.39. The molecule has 1 aliphatic rings. The van der Waals surface area contributed by atoms with E-state index in [1.54, 1.807) is 0 Å². The van der Waals surface area contributed by atoms with E-state index in [4.69, 9.17) is 4.74 Å². The first kappa shape index (κ1) is 8.57. The van der Waals surface area contributed by atoms with Crippen LogP contribution < -0.4 is 4.90 Å². The number of rotatable bonds is 1. The summed E-state index contributed by atoms with van der Waals surface area (Å²) in [6, 6.07) is 11.0. The van der Waals surface area contributed by atoms with Crippen molar-refractivity contribution in [2.45, 2.75) is 13.0 Å². The van der Waals surface area contributed by atoms with Gasteiger partial charge in [-0.1, -0.05) is 18.2 Å². The maximum atomic E-state index is 5.39. The van der Waals surface area contributed by atoms with E-state index >= 15 is 0 Å². The number of ether oxygens (including phenoxy) is 1. The van der Waals surface area contributed by atoms with Gasteiger partial charge in [0, 0.05) is 18.3 Å². The lowest BCUT2D eigenvalue weighted by Gasteiger charge is -2.35. The molecule has 1 saturated heterocycles. The summed E-state index contributed by atoms with van der Waals surface area (Å²) in [5.41, 5.74) is 1.30. The van der Waals surface area contributed by atoms with Crippen molar-refractivity contribution in [3.05, 3.63) is 30.3 Å². The Morgan fingerprint density at radius 2 is 2.08 bits per heavy atom. The van der Waals surface area contributed by atoms with Crippen LogP contribution in [0.25, 0.3) is 0 Å². The zero-order valence-electron chi connectivity index (χ0n) is 7.94. The minimum atomic E-state index is 0.496. The lowest BCUT2D eigenvalue weighted by Crippen LogP contribution is -2.43. The maximum Gasteiger partial charge on any atom is 0.0668 e. The van der Waals surface area contributed by atoms with Crippen molar-refractivity contribution in [1.82, 2.24) is 0 Å². The van der Waals surface area contributed by atoms with Crippen molar-refractivity contribution in [2.24, 2.45) is 0 Å². The zero-order valence-corrected chi connectivity index (χ0v) is 7.94. The molecule has 2 heteroatoms. The molecule has 2 rings (SSSR count). The van der Waals surface area contributed by atoms with Gasteiger partial charge < -0.3 is 9.64 Å². The Balaban J connectivity index is 2.15. The molecule has 0 radical (unpaired) electrons. The molecule has 0 N–H and O–H groups in total. The van der Waals surface area contributed by atoms with E-state index in [0.717, 1.165) is 19.8 Å². The predicted octanol–water partition coefficient (Wildman–Crippen LogP) is 1.91. The zero-order chi connectivity index (χ0) is 9.10. The second-order valence-corrected chi connectivity index (χ2v) is 3.45. The molecule has 0 amide bonds. The molecule has 1 aliphatic heterocycles. The topological polar surface area (TPSA) is 12.5 Å². The molecule has 0 aromatic heterocycles. The average Bonchev–Trinajstić information content (AvgIpc) is 2.20. The third kappa shape index (κ3) is 1.83. The molecular weight excluding hydrogens is 162 g/mol. The number of anilines is 1. The van der Waals surface area contributed by atoms with Crippen molar-refractivity contribution < 1.29 is 4.74 Å². The van der Waals surface area contributed by atoms with E-state index in [-0.39, 0.29) is 0 Å². The van der Waals surface area contributed by atoms with Crippen molar-refractivity contribution in [3.63, 3.8) is 0 Å². The Kier molecular flexibility index (Phi) is 2.50.